The number of hydrogen-bond acceptors (Lipinski definition) is 3. The van der Waals surface area contributed by atoms with Crippen LogP contribution in [0.4, 0.5) is 5.95 Å². The van der Waals surface area contributed by atoms with Crippen LogP contribution in [-0.2, 0) is 6.54 Å². The molecule has 2 aromatic rings. The summed E-state index contributed by atoms with van der Waals surface area (Å²) in [5.74, 6) is 0.570. The van der Waals surface area contributed by atoms with Crippen LogP contribution >= 0.6 is 27.3 Å². The van der Waals surface area contributed by atoms with Gasteiger partial charge in [0.05, 0.1) is 12.7 Å². The van der Waals surface area contributed by atoms with Crippen molar-refractivity contribution in [1.29, 1.82) is 0 Å². The Bertz CT molecular complexity index is 427. The lowest BCUT2D eigenvalue weighted by atomic mass is 10.3. The zero-order chi connectivity index (χ0) is 10.1. The van der Waals surface area contributed by atoms with Gasteiger partial charge in [0, 0.05) is 15.5 Å². The third-order valence-electron chi connectivity index (χ3n) is 2.10. The summed E-state index contributed by atoms with van der Waals surface area (Å²) in [6.07, 6.45) is 1.79. The number of thiophene rings is 1. The van der Waals surface area contributed by atoms with Crippen molar-refractivity contribution in [3.63, 3.8) is 0 Å². The number of aromatic nitrogens is 2. The highest BCUT2D eigenvalue weighted by atomic mass is 79.9. The van der Waals surface area contributed by atoms with E-state index in [-0.39, 0.29) is 0 Å². The lowest BCUT2D eigenvalue weighted by Gasteiger charge is -2.06. The summed E-state index contributed by atoms with van der Waals surface area (Å²) in [5, 5.41) is 4.18. The smallest absolute Gasteiger partial charge is 0.200 e. The van der Waals surface area contributed by atoms with Crippen LogP contribution < -0.4 is 5.73 Å². The molecule has 5 heteroatoms. The third kappa shape index (κ3) is 1.69. The number of hydrogen-bond donors (Lipinski definition) is 1. The highest BCUT2D eigenvalue weighted by Crippen LogP contribution is 2.23. The molecule has 0 saturated carbocycles. The first kappa shape index (κ1) is 9.73. The third-order valence-corrected chi connectivity index (χ3v) is 3.94. The highest BCUT2D eigenvalue weighted by molar-refractivity contribution is 9.10. The van der Waals surface area contributed by atoms with Crippen molar-refractivity contribution in [3.05, 3.63) is 32.7 Å². The molecule has 0 spiro atoms. The van der Waals surface area contributed by atoms with Crippen LogP contribution in [0.5, 0.6) is 0 Å². The van der Waals surface area contributed by atoms with Gasteiger partial charge in [0.1, 0.15) is 0 Å². The standard InChI is InChI=1S/C9H10BrN3S/c1-6-2-12-9(11)13(6)3-7-4-14-5-8(7)10/h2,4-5H,3H2,1H3,(H2,11,12). The van der Waals surface area contributed by atoms with E-state index in [0.717, 1.165) is 16.7 Å². The number of halogens is 1. The normalized spacial score (nSPS) is 10.7. The number of nitrogens with two attached hydrogens (primary N) is 1. The van der Waals surface area contributed by atoms with Crippen molar-refractivity contribution in [3.8, 4) is 0 Å². The van der Waals surface area contributed by atoms with E-state index in [9.17, 15) is 0 Å². The molecule has 0 aliphatic rings. The van der Waals surface area contributed by atoms with Gasteiger partial charge in [0.15, 0.2) is 0 Å². The first-order chi connectivity index (χ1) is 6.68. The van der Waals surface area contributed by atoms with Crippen molar-refractivity contribution in [2.24, 2.45) is 0 Å². The fourth-order valence-electron chi connectivity index (χ4n) is 1.28. The summed E-state index contributed by atoms with van der Waals surface area (Å²) in [4.78, 5) is 4.06. The van der Waals surface area contributed by atoms with Crippen molar-refractivity contribution in [1.82, 2.24) is 9.55 Å². The molecule has 74 valence electrons. The molecule has 0 fully saturated rings. The topological polar surface area (TPSA) is 43.8 Å². The zero-order valence-electron chi connectivity index (χ0n) is 7.70. The maximum atomic E-state index is 5.75. The molecule has 2 heterocycles. The molecule has 0 radical (unpaired) electrons. The molecule has 2 rings (SSSR count). The second kappa shape index (κ2) is 3.74. The second-order valence-corrected chi connectivity index (χ2v) is 4.69. The maximum absolute atomic E-state index is 5.75. The molecule has 14 heavy (non-hydrogen) atoms. The highest BCUT2D eigenvalue weighted by Gasteiger charge is 2.06. The van der Waals surface area contributed by atoms with Gasteiger partial charge in [-0.2, -0.15) is 11.3 Å². The van der Waals surface area contributed by atoms with Crippen LogP contribution in [-0.4, -0.2) is 9.55 Å². The van der Waals surface area contributed by atoms with Crippen LogP contribution in [0.3, 0.4) is 0 Å². The number of nitrogens with zero attached hydrogens (tertiary/aromatic N) is 2. The van der Waals surface area contributed by atoms with E-state index in [0.29, 0.717) is 5.95 Å². The molecular formula is C9H10BrN3S. The summed E-state index contributed by atoms with van der Waals surface area (Å²) in [7, 11) is 0. The monoisotopic (exact) mass is 271 g/mol. The molecule has 0 amide bonds. The van der Waals surface area contributed by atoms with E-state index in [1.165, 1.54) is 5.56 Å². The molecule has 2 aromatic heterocycles. The average molecular weight is 272 g/mol. The molecule has 0 saturated heterocycles. The van der Waals surface area contributed by atoms with Crippen molar-refractivity contribution < 1.29 is 0 Å². The van der Waals surface area contributed by atoms with Gasteiger partial charge in [-0.05, 0) is 33.8 Å². The minimum Gasteiger partial charge on any atom is -0.369 e. The Morgan fingerprint density at radius 1 is 1.57 bits per heavy atom. The number of aryl methyl sites for hydroxylation is 1. The first-order valence-corrected chi connectivity index (χ1v) is 5.90. The number of anilines is 1. The molecule has 0 atom stereocenters. The van der Waals surface area contributed by atoms with Crippen LogP contribution in [0.2, 0.25) is 0 Å². The van der Waals surface area contributed by atoms with E-state index < -0.39 is 0 Å². The van der Waals surface area contributed by atoms with Gasteiger partial charge in [0.2, 0.25) is 5.95 Å². The Morgan fingerprint density at radius 3 is 2.86 bits per heavy atom. The largest absolute Gasteiger partial charge is 0.369 e. The van der Waals surface area contributed by atoms with E-state index in [2.05, 4.69) is 31.7 Å². The Morgan fingerprint density at radius 2 is 2.36 bits per heavy atom. The van der Waals surface area contributed by atoms with Crippen molar-refractivity contribution in [2.75, 3.05) is 5.73 Å². The van der Waals surface area contributed by atoms with Crippen LogP contribution in [0.15, 0.2) is 21.4 Å². The van der Waals surface area contributed by atoms with Crippen LogP contribution in [0, 0.1) is 6.92 Å². The van der Waals surface area contributed by atoms with E-state index in [1.54, 1.807) is 17.5 Å². The lowest BCUT2D eigenvalue weighted by molar-refractivity contribution is 0.783. The van der Waals surface area contributed by atoms with E-state index >= 15 is 0 Å². The van der Waals surface area contributed by atoms with Crippen LogP contribution in [0.25, 0.3) is 0 Å². The summed E-state index contributed by atoms with van der Waals surface area (Å²) in [6.45, 7) is 2.78. The number of imidazole rings is 1. The maximum Gasteiger partial charge on any atom is 0.200 e. The summed E-state index contributed by atoms with van der Waals surface area (Å²) in [6, 6.07) is 0. The Balaban J connectivity index is 2.31. The average Bonchev–Trinajstić information content (AvgIpc) is 2.67. The van der Waals surface area contributed by atoms with Gasteiger partial charge in [-0.15, -0.1) is 0 Å². The molecule has 0 aliphatic heterocycles. The first-order valence-electron chi connectivity index (χ1n) is 4.16. The van der Waals surface area contributed by atoms with Gasteiger partial charge in [0.25, 0.3) is 0 Å². The predicted octanol–water partition coefficient (Wildman–Crippen LogP) is 2.65. The molecule has 0 unspecified atom stereocenters. The molecule has 2 N–H and O–H groups in total. The van der Waals surface area contributed by atoms with E-state index in [4.69, 9.17) is 5.73 Å². The fourth-order valence-corrected chi connectivity index (χ4v) is 2.70. The summed E-state index contributed by atoms with van der Waals surface area (Å²) >= 11 is 5.18. The lowest BCUT2D eigenvalue weighted by Crippen LogP contribution is -2.05. The quantitative estimate of drug-likeness (QED) is 0.913. The second-order valence-electron chi connectivity index (χ2n) is 3.09. The molecule has 0 aromatic carbocycles. The number of rotatable bonds is 2. The van der Waals surface area contributed by atoms with Gasteiger partial charge in [-0.3, -0.25) is 0 Å². The summed E-state index contributed by atoms with van der Waals surface area (Å²) < 4.78 is 3.13. The Kier molecular flexibility index (Phi) is 2.60. The Labute approximate surface area is 94.7 Å². The van der Waals surface area contributed by atoms with E-state index in [1.807, 2.05) is 11.5 Å². The fraction of sp³-hybridized carbons (Fsp3) is 0.222. The zero-order valence-corrected chi connectivity index (χ0v) is 10.1. The van der Waals surface area contributed by atoms with Crippen LogP contribution in [0.1, 0.15) is 11.3 Å². The number of nitrogen functional groups attached to an aromatic ring is 1. The molecule has 3 nitrogen and oxygen atoms in total. The van der Waals surface area contributed by atoms with Gasteiger partial charge >= 0.3 is 0 Å². The van der Waals surface area contributed by atoms with Crippen molar-refractivity contribution >= 4 is 33.2 Å². The SMILES string of the molecule is Cc1cnc(N)n1Cc1cscc1Br. The molecule has 0 bridgehead atoms. The Hall–Kier alpha value is -0.810. The van der Waals surface area contributed by atoms with Gasteiger partial charge in [-0.1, -0.05) is 0 Å². The predicted molar refractivity (Wildman–Crippen MR) is 62.5 cm³/mol. The summed E-state index contributed by atoms with van der Waals surface area (Å²) in [5.41, 5.74) is 8.07. The van der Waals surface area contributed by atoms with Gasteiger partial charge in [-0.25, -0.2) is 4.98 Å². The molecular weight excluding hydrogens is 262 g/mol. The minimum atomic E-state index is 0.570. The van der Waals surface area contributed by atoms with Crippen molar-refractivity contribution in [2.45, 2.75) is 13.5 Å². The molecule has 0 aliphatic carbocycles. The van der Waals surface area contributed by atoms with Gasteiger partial charge < -0.3 is 10.3 Å². The minimum absolute atomic E-state index is 0.570.